The first-order valence-corrected chi connectivity index (χ1v) is 6.34. The number of aromatic nitrogens is 2. The molecular weight excluding hydrogens is 316 g/mol. The van der Waals surface area contributed by atoms with Crippen LogP contribution in [0.2, 0.25) is 0 Å². The summed E-state index contributed by atoms with van der Waals surface area (Å²) in [5, 5.41) is 10.2. The average Bonchev–Trinajstić information content (AvgIpc) is 2.94. The minimum absolute atomic E-state index is 0.0821. The highest BCUT2D eigenvalue weighted by Gasteiger charge is 2.42. The number of carboxylic acids is 1. The monoisotopic (exact) mass is 324 g/mol. The van der Waals surface area contributed by atoms with E-state index in [2.05, 4.69) is 9.72 Å². The zero-order chi connectivity index (χ0) is 15.6. The lowest BCUT2D eigenvalue weighted by Gasteiger charge is -2.15. The number of nitrogens with zero attached hydrogens (tertiary/aromatic N) is 2. The molecule has 2 aromatic rings. The Morgan fingerprint density at radius 1 is 1.57 bits per heavy atom. The summed E-state index contributed by atoms with van der Waals surface area (Å²) in [4.78, 5) is 14.7. The molecule has 0 radical (unpaired) electrons. The van der Waals surface area contributed by atoms with Gasteiger partial charge in [-0.1, -0.05) is 0 Å². The highest BCUT2D eigenvalue weighted by atomic mass is 32.1. The van der Waals surface area contributed by atoms with Crippen molar-refractivity contribution in [3.63, 3.8) is 0 Å². The minimum atomic E-state index is -4.31. The van der Waals surface area contributed by atoms with Gasteiger partial charge in [0, 0.05) is 17.7 Å². The predicted octanol–water partition coefficient (Wildman–Crippen LogP) is 2.77. The van der Waals surface area contributed by atoms with Crippen LogP contribution in [0.5, 0.6) is 5.88 Å². The summed E-state index contributed by atoms with van der Waals surface area (Å²) in [7, 11) is 0. The average molecular weight is 324 g/mol. The molecule has 0 bridgehead atoms. The van der Waals surface area contributed by atoms with Crippen LogP contribution < -0.4 is 4.74 Å². The summed E-state index contributed by atoms with van der Waals surface area (Å²) in [6.07, 6.45) is -0.490. The molecule has 0 aliphatic heterocycles. The molecule has 2 rings (SSSR count). The zero-order valence-electron chi connectivity index (χ0n) is 10.2. The Labute approximate surface area is 119 Å². The number of alkyl halides is 4. The molecule has 0 saturated carbocycles. The summed E-state index contributed by atoms with van der Waals surface area (Å²) in [5.74, 6) is -5.91. The number of thiazole rings is 1. The standard InChI is InChI=1S/C11H8F4N2O3S/c12-9(13)11(14,15)5-20-8-6(1-2-7(18)19)17-3-4-21-10(17)16-8/h1-4,9H,5H2,(H,18,19)/b2-1+. The Bertz CT molecular complexity index is 680. The summed E-state index contributed by atoms with van der Waals surface area (Å²) in [6.45, 7) is -1.55. The van der Waals surface area contributed by atoms with Crippen molar-refractivity contribution in [2.75, 3.05) is 6.61 Å². The van der Waals surface area contributed by atoms with Gasteiger partial charge in [-0.25, -0.2) is 13.6 Å². The smallest absolute Gasteiger partial charge is 0.340 e. The second-order valence-electron chi connectivity index (χ2n) is 3.88. The Kier molecular flexibility index (Phi) is 4.16. The van der Waals surface area contributed by atoms with Gasteiger partial charge in [0.15, 0.2) is 11.6 Å². The van der Waals surface area contributed by atoms with E-state index < -0.39 is 24.9 Å². The van der Waals surface area contributed by atoms with Gasteiger partial charge in [-0.15, -0.1) is 11.3 Å². The lowest BCUT2D eigenvalue weighted by Crippen LogP contribution is -2.33. The van der Waals surface area contributed by atoms with Crippen LogP contribution in [-0.2, 0) is 4.79 Å². The van der Waals surface area contributed by atoms with Gasteiger partial charge < -0.3 is 9.84 Å². The van der Waals surface area contributed by atoms with E-state index in [9.17, 15) is 22.4 Å². The van der Waals surface area contributed by atoms with Crippen LogP contribution in [0.4, 0.5) is 17.6 Å². The van der Waals surface area contributed by atoms with Crippen LogP contribution in [0, 0.1) is 0 Å². The van der Waals surface area contributed by atoms with Crippen LogP contribution in [0.1, 0.15) is 5.69 Å². The zero-order valence-corrected chi connectivity index (χ0v) is 11.0. The van der Waals surface area contributed by atoms with Crippen LogP contribution in [0.3, 0.4) is 0 Å². The van der Waals surface area contributed by atoms with Crippen molar-refractivity contribution in [3.8, 4) is 5.88 Å². The van der Waals surface area contributed by atoms with E-state index in [-0.39, 0.29) is 11.6 Å². The number of rotatable bonds is 6. The number of ether oxygens (including phenoxy) is 1. The van der Waals surface area contributed by atoms with Gasteiger partial charge in [-0.3, -0.25) is 4.40 Å². The SMILES string of the molecule is O=C(O)/C=C/c1c(OCC(F)(F)C(F)F)nc2sccn12. The lowest BCUT2D eigenvalue weighted by atomic mass is 10.3. The largest absolute Gasteiger partial charge is 0.478 e. The van der Waals surface area contributed by atoms with Crippen LogP contribution in [0.25, 0.3) is 11.0 Å². The summed E-state index contributed by atoms with van der Waals surface area (Å²) in [6, 6.07) is 0. The van der Waals surface area contributed by atoms with Gasteiger partial charge in [-0.05, 0) is 6.08 Å². The molecule has 0 unspecified atom stereocenters. The van der Waals surface area contributed by atoms with Crippen molar-refractivity contribution in [2.24, 2.45) is 0 Å². The molecule has 0 aromatic carbocycles. The third-order valence-electron chi connectivity index (χ3n) is 2.37. The quantitative estimate of drug-likeness (QED) is 0.655. The van der Waals surface area contributed by atoms with Gasteiger partial charge in [0.1, 0.15) is 5.69 Å². The highest BCUT2D eigenvalue weighted by Crippen LogP contribution is 2.28. The van der Waals surface area contributed by atoms with Crippen LogP contribution in [-0.4, -0.2) is 39.4 Å². The van der Waals surface area contributed by atoms with Gasteiger partial charge in [0.25, 0.3) is 0 Å². The number of carboxylic acid groups (broad SMARTS) is 1. The molecule has 21 heavy (non-hydrogen) atoms. The molecule has 2 aromatic heterocycles. The number of carbonyl (C=O) groups is 1. The third kappa shape index (κ3) is 3.32. The van der Waals surface area contributed by atoms with E-state index in [0.29, 0.717) is 4.96 Å². The number of aliphatic carboxylic acids is 1. The van der Waals surface area contributed by atoms with Crippen molar-refractivity contribution in [3.05, 3.63) is 23.3 Å². The maximum atomic E-state index is 12.8. The van der Waals surface area contributed by atoms with Crippen molar-refractivity contribution in [1.29, 1.82) is 0 Å². The maximum Gasteiger partial charge on any atom is 0.340 e. The maximum absolute atomic E-state index is 12.8. The van der Waals surface area contributed by atoms with E-state index in [1.807, 2.05) is 0 Å². The van der Waals surface area contributed by atoms with E-state index >= 15 is 0 Å². The molecule has 0 fully saturated rings. The summed E-state index contributed by atoms with van der Waals surface area (Å²) >= 11 is 1.15. The fourth-order valence-electron chi connectivity index (χ4n) is 1.42. The number of hydrogen-bond donors (Lipinski definition) is 1. The number of halogens is 4. The van der Waals surface area contributed by atoms with Gasteiger partial charge in [-0.2, -0.15) is 13.8 Å². The first-order chi connectivity index (χ1) is 9.81. The second kappa shape index (κ2) is 5.72. The van der Waals surface area contributed by atoms with E-state index in [0.717, 1.165) is 23.5 Å². The topological polar surface area (TPSA) is 63.8 Å². The first-order valence-electron chi connectivity index (χ1n) is 5.46. The molecular formula is C11H8F4N2O3S. The van der Waals surface area contributed by atoms with Crippen molar-refractivity contribution < 1.29 is 32.2 Å². The normalized spacial score (nSPS) is 12.6. The highest BCUT2D eigenvalue weighted by molar-refractivity contribution is 7.15. The Morgan fingerprint density at radius 2 is 2.29 bits per heavy atom. The van der Waals surface area contributed by atoms with Gasteiger partial charge in [0.05, 0.1) is 0 Å². The van der Waals surface area contributed by atoms with Crippen molar-refractivity contribution in [2.45, 2.75) is 12.3 Å². The van der Waals surface area contributed by atoms with Gasteiger partial charge in [0.2, 0.25) is 5.88 Å². The molecule has 0 aliphatic rings. The number of hydrogen-bond acceptors (Lipinski definition) is 4. The lowest BCUT2D eigenvalue weighted by molar-refractivity contribution is -0.148. The predicted molar refractivity (Wildman–Crippen MR) is 66.2 cm³/mol. The molecule has 0 amide bonds. The molecule has 5 nitrogen and oxygen atoms in total. The first kappa shape index (κ1) is 15.3. The molecule has 0 aliphatic carbocycles. The number of fused-ring (bicyclic) bond motifs is 1. The van der Waals surface area contributed by atoms with Crippen LogP contribution in [0.15, 0.2) is 17.7 Å². The van der Waals surface area contributed by atoms with Gasteiger partial charge >= 0.3 is 18.3 Å². The number of imidazole rings is 1. The van der Waals surface area contributed by atoms with Crippen LogP contribution >= 0.6 is 11.3 Å². The summed E-state index contributed by atoms with van der Waals surface area (Å²) < 4.78 is 55.9. The Balaban J connectivity index is 2.28. The fourth-order valence-corrected chi connectivity index (χ4v) is 2.13. The van der Waals surface area contributed by atoms with Crippen molar-refractivity contribution >= 4 is 28.3 Å². The van der Waals surface area contributed by atoms with E-state index in [4.69, 9.17) is 5.11 Å². The van der Waals surface area contributed by atoms with Crippen molar-refractivity contribution in [1.82, 2.24) is 9.38 Å². The van der Waals surface area contributed by atoms with E-state index in [1.54, 1.807) is 5.38 Å². The Hall–Kier alpha value is -2.10. The fraction of sp³-hybridized carbons (Fsp3) is 0.273. The molecule has 114 valence electrons. The molecule has 10 heteroatoms. The molecule has 1 N–H and O–H groups in total. The Morgan fingerprint density at radius 3 is 2.90 bits per heavy atom. The minimum Gasteiger partial charge on any atom is -0.478 e. The molecule has 0 saturated heterocycles. The molecule has 0 spiro atoms. The third-order valence-corrected chi connectivity index (χ3v) is 3.13. The summed E-state index contributed by atoms with van der Waals surface area (Å²) in [5.41, 5.74) is 0.0821. The molecule has 2 heterocycles. The molecule has 0 atom stereocenters. The van der Waals surface area contributed by atoms with E-state index in [1.165, 1.54) is 10.6 Å². The second-order valence-corrected chi connectivity index (χ2v) is 4.75.